The lowest BCUT2D eigenvalue weighted by molar-refractivity contribution is -0.120. The van der Waals surface area contributed by atoms with Crippen molar-refractivity contribution in [2.75, 3.05) is 30.5 Å². The normalized spacial score (nSPS) is 16.9. The van der Waals surface area contributed by atoms with Crippen LogP contribution in [0.3, 0.4) is 0 Å². The van der Waals surface area contributed by atoms with E-state index in [-0.39, 0.29) is 5.91 Å². The standard InChI is InChI=1S/C16H26N4O/c1-12-11-13(18-15(21)16(2,3)17)7-8-14(12)20-10-6-5-9-19(20)4/h7-8,11H,5-6,9-10,17H2,1-4H3,(H,18,21). The van der Waals surface area contributed by atoms with Crippen molar-refractivity contribution in [3.63, 3.8) is 0 Å². The molecule has 1 aliphatic rings. The van der Waals surface area contributed by atoms with Crippen molar-refractivity contribution in [2.24, 2.45) is 5.73 Å². The summed E-state index contributed by atoms with van der Waals surface area (Å²) < 4.78 is 0. The zero-order chi connectivity index (χ0) is 15.6. The highest BCUT2D eigenvalue weighted by Gasteiger charge is 2.22. The Morgan fingerprint density at radius 1 is 1.29 bits per heavy atom. The summed E-state index contributed by atoms with van der Waals surface area (Å²) in [5.41, 5.74) is 8.06. The Bertz CT molecular complexity index is 521. The quantitative estimate of drug-likeness (QED) is 0.895. The summed E-state index contributed by atoms with van der Waals surface area (Å²) in [6.07, 6.45) is 2.45. The van der Waals surface area contributed by atoms with Crippen LogP contribution in [0.15, 0.2) is 18.2 Å². The predicted octanol–water partition coefficient (Wildman–Crippen LogP) is 2.12. The third-order valence-electron chi connectivity index (χ3n) is 3.83. The summed E-state index contributed by atoms with van der Waals surface area (Å²) in [6.45, 7) is 7.59. The molecule has 0 atom stereocenters. The van der Waals surface area contributed by atoms with Gasteiger partial charge in [-0.15, -0.1) is 0 Å². The lowest BCUT2D eigenvalue weighted by Crippen LogP contribution is -2.45. The first-order chi connectivity index (χ1) is 9.79. The number of hydrogen-bond acceptors (Lipinski definition) is 4. The Labute approximate surface area is 127 Å². The van der Waals surface area contributed by atoms with E-state index in [0.717, 1.165) is 24.3 Å². The molecule has 0 spiro atoms. The second-order valence-corrected chi connectivity index (χ2v) is 6.39. The molecule has 2 rings (SSSR count). The molecule has 0 radical (unpaired) electrons. The molecule has 3 N–H and O–H groups in total. The first kappa shape index (κ1) is 15.8. The molecular weight excluding hydrogens is 264 g/mol. The second kappa shape index (κ2) is 6.03. The van der Waals surface area contributed by atoms with E-state index in [0.29, 0.717) is 0 Å². The average Bonchev–Trinajstić information content (AvgIpc) is 2.39. The smallest absolute Gasteiger partial charge is 0.243 e. The molecule has 0 aromatic heterocycles. The Hall–Kier alpha value is -1.59. The fraction of sp³-hybridized carbons (Fsp3) is 0.562. The van der Waals surface area contributed by atoms with E-state index in [1.165, 1.54) is 18.5 Å². The van der Waals surface area contributed by atoms with Crippen LogP contribution in [0.5, 0.6) is 0 Å². The van der Waals surface area contributed by atoms with Crippen molar-refractivity contribution in [2.45, 2.75) is 39.2 Å². The maximum atomic E-state index is 11.9. The van der Waals surface area contributed by atoms with E-state index in [4.69, 9.17) is 5.73 Å². The van der Waals surface area contributed by atoms with Crippen LogP contribution in [0.2, 0.25) is 0 Å². The van der Waals surface area contributed by atoms with Crippen molar-refractivity contribution < 1.29 is 4.79 Å². The number of anilines is 2. The number of rotatable bonds is 3. The van der Waals surface area contributed by atoms with Crippen LogP contribution in [0.25, 0.3) is 0 Å². The first-order valence-electron chi connectivity index (χ1n) is 7.48. The highest BCUT2D eigenvalue weighted by Crippen LogP contribution is 2.27. The van der Waals surface area contributed by atoms with E-state index in [1.807, 2.05) is 12.1 Å². The van der Waals surface area contributed by atoms with Gasteiger partial charge in [0.1, 0.15) is 0 Å². The maximum absolute atomic E-state index is 11.9. The van der Waals surface area contributed by atoms with Gasteiger partial charge in [0.2, 0.25) is 5.91 Å². The van der Waals surface area contributed by atoms with E-state index >= 15 is 0 Å². The predicted molar refractivity (Wildman–Crippen MR) is 87.3 cm³/mol. The number of aryl methyl sites for hydroxylation is 1. The number of hydrogen-bond donors (Lipinski definition) is 2. The van der Waals surface area contributed by atoms with Crippen LogP contribution >= 0.6 is 0 Å². The fourth-order valence-corrected chi connectivity index (χ4v) is 2.51. The molecule has 0 bridgehead atoms. The molecule has 5 nitrogen and oxygen atoms in total. The fourth-order valence-electron chi connectivity index (χ4n) is 2.51. The molecule has 0 unspecified atom stereocenters. The van der Waals surface area contributed by atoms with E-state index in [9.17, 15) is 4.79 Å². The molecule has 1 heterocycles. The molecule has 116 valence electrons. The Kier molecular flexibility index (Phi) is 4.54. The van der Waals surface area contributed by atoms with Gasteiger partial charge in [0.15, 0.2) is 0 Å². The minimum atomic E-state index is -0.875. The largest absolute Gasteiger partial charge is 0.324 e. The maximum Gasteiger partial charge on any atom is 0.243 e. The number of hydrazine groups is 1. The van der Waals surface area contributed by atoms with Crippen LogP contribution in [0.4, 0.5) is 11.4 Å². The van der Waals surface area contributed by atoms with Gasteiger partial charge in [-0.2, -0.15) is 0 Å². The zero-order valence-electron chi connectivity index (χ0n) is 13.4. The van der Waals surface area contributed by atoms with Gasteiger partial charge in [-0.25, -0.2) is 5.01 Å². The highest BCUT2D eigenvalue weighted by atomic mass is 16.2. The van der Waals surface area contributed by atoms with Gasteiger partial charge in [-0.1, -0.05) is 0 Å². The molecule has 0 aliphatic carbocycles. The Morgan fingerprint density at radius 3 is 2.52 bits per heavy atom. The van der Waals surface area contributed by atoms with Crippen molar-refractivity contribution >= 4 is 17.3 Å². The first-order valence-corrected chi connectivity index (χ1v) is 7.48. The van der Waals surface area contributed by atoms with Gasteiger partial charge >= 0.3 is 0 Å². The van der Waals surface area contributed by atoms with E-state index < -0.39 is 5.54 Å². The van der Waals surface area contributed by atoms with Gasteiger partial charge in [0.05, 0.1) is 11.2 Å². The summed E-state index contributed by atoms with van der Waals surface area (Å²) in [5.74, 6) is -0.176. The lowest BCUT2D eigenvalue weighted by Gasteiger charge is -2.38. The molecule has 21 heavy (non-hydrogen) atoms. The van der Waals surface area contributed by atoms with Crippen LogP contribution in [0.1, 0.15) is 32.3 Å². The third kappa shape index (κ3) is 3.74. The van der Waals surface area contributed by atoms with Gasteiger partial charge in [0, 0.05) is 25.8 Å². The van der Waals surface area contributed by atoms with Crippen LogP contribution in [-0.2, 0) is 4.79 Å². The van der Waals surface area contributed by atoms with Crippen molar-refractivity contribution in [1.82, 2.24) is 5.01 Å². The van der Waals surface area contributed by atoms with E-state index in [2.05, 4.69) is 35.4 Å². The molecule has 1 aromatic carbocycles. The molecule has 1 fully saturated rings. The number of nitrogens with two attached hydrogens (primary N) is 1. The van der Waals surface area contributed by atoms with Gasteiger partial charge in [-0.05, 0) is 57.4 Å². The van der Waals surface area contributed by atoms with Crippen molar-refractivity contribution in [1.29, 1.82) is 0 Å². The number of carbonyl (C=O) groups is 1. The zero-order valence-corrected chi connectivity index (χ0v) is 13.4. The van der Waals surface area contributed by atoms with Crippen LogP contribution < -0.4 is 16.1 Å². The average molecular weight is 290 g/mol. The molecule has 1 amide bonds. The van der Waals surface area contributed by atoms with Gasteiger partial charge < -0.3 is 16.1 Å². The Balaban J connectivity index is 2.16. The Morgan fingerprint density at radius 2 is 1.95 bits per heavy atom. The molecule has 0 saturated carbocycles. The van der Waals surface area contributed by atoms with E-state index in [1.54, 1.807) is 13.8 Å². The van der Waals surface area contributed by atoms with Crippen LogP contribution in [0, 0.1) is 6.92 Å². The molecule has 1 aliphatic heterocycles. The number of carbonyl (C=O) groups excluding carboxylic acids is 1. The van der Waals surface area contributed by atoms with Gasteiger partial charge in [0.25, 0.3) is 0 Å². The second-order valence-electron chi connectivity index (χ2n) is 6.39. The highest BCUT2D eigenvalue weighted by molar-refractivity contribution is 5.97. The number of nitrogens with zero attached hydrogens (tertiary/aromatic N) is 2. The number of amides is 1. The number of nitrogens with one attached hydrogen (secondary N) is 1. The molecular formula is C16H26N4O. The monoisotopic (exact) mass is 290 g/mol. The minimum absolute atomic E-state index is 0.176. The molecule has 1 aromatic rings. The number of benzene rings is 1. The van der Waals surface area contributed by atoms with Crippen molar-refractivity contribution in [3.05, 3.63) is 23.8 Å². The SMILES string of the molecule is Cc1cc(NC(=O)C(C)(C)N)ccc1N1CCCCN1C. The molecule has 5 heteroatoms. The van der Waals surface area contributed by atoms with Gasteiger partial charge in [-0.3, -0.25) is 4.79 Å². The topological polar surface area (TPSA) is 61.6 Å². The lowest BCUT2D eigenvalue weighted by atomic mass is 10.1. The van der Waals surface area contributed by atoms with Crippen molar-refractivity contribution in [3.8, 4) is 0 Å². The summed E-state index contributed by atoms with van der Waals surface area (Å²) in [6, 6.07) is 6.01. The van der Waals surface area contributed by atoms with Crippen LogP contribution in [-0.4, -0.2) is 36.6 Å². The third-order valence-corrected chi connectivity index (χ3v) is 3.83. The minimum Gasteiger partial charge on any atom is -0.324 e. The molecule has 1 saturated heterocycles. The summed E-state index contributed by atoms with van der Waals surface area (Å²) >= 11 is 0. The summed E-state index contributed by atoms with van der Waals surface area (Å²) in [4.78, 5) is 11.9. The summed E-state index contributed by atoms with van der Waals surface area (Å²) in [5, 5.41) is 7.43. The summed E-state index contributed by atoms with van der Waals surface area (Å²) in [7, 11) is 2.12.